The predicted molar refractivity (Wildman–Crippen MR) is 72.2 cm³/mol. The molecular weight excluding hydrogens is 226 g/mol. The number of hydrogen-bond acceptors (Lipinski definition) is 3. The minimum absolute atomic E-state index is 0.609. The second-order valence-corrected chi connectivity index (χ2v) is 4.09. The van der Waals surface area contributed by atoms with Gasteiger partial charge in [-0.2, -0.15) is 5.10 Å². The molecule has 2 aromatic rings. The van der Waals surface area contributed by atoms with E-state index >= 15 is 0 Å². The molecule has 0 atom stereocenters. The van der Waals surface area contributed by atoms with Crippen LogP contribution >= 0.6 is 0 Å². The molecule has 4 nitrogen and oxygen atoms in total. The molecular formula is C14H17N3O. The number of rotatable bonds is 4. The molecule has 0 fully saturated rings. The van der Waals surface area contributed by atoms with Crippen LogP contribution in [0.1, 0.15) is 16.8 Å². The number of aromatic nitrogens is 2. The number of ether oxygens (including phenoxy) is 1. The molecule has 0 saturated carbocycles. The van der Waals surface area contributed by atoms with Crippen molar-refractivity contribution in [3.8, 4) is 5.75 Å². The number of aryl methyl sites for hydroxylation is 1. The summed E-state index contributed by atoms with van der Waals surface area (Å²) in [5.41, 5.74) is 3.24. The molecule has 0 aliphatic carbocycles. The average Bonchev–Trinajstić information content (AvgIpc) is 2.71. The van der Waals surface area contributed by atoms with Crippen LogP contribution in [-0.4, -0.2) is 23.1 Å². The van der Waals surface area contributed by atoms with Crippen molar-refractivity contribution in [1.29, 1.82) is 0 Å². The van der Waals surface area contributed by atoms with Gasteiger partial charge >= 0.3 is 0 Å². The third-order valence-corrected chi connectivity index (χ3v) is 2.96. The molecule has 18 heavy (non-hydrogen) atoms. The van der Waals surface area contributed by atoms with Gasteiger partial charge in [0.15, 0.2) is 0 Å². The summed E-state index contributed by atoms with van der Waals surface area (Å²) in [5, 5.41) is 4.18. The van der Waals surface area contributed by atoms with Crippen molar-refractivity contribution in [3.63, 3.8) is 0 Å². The molecule has 4 heteroatoms. The van der Waals surface area contributed by atoms with Crippen LogP contribution in [0.3, 0.4) is 0 Å². The smallest absolute Gasteiger partial charge is 0.123 e. The first-order chi connectivity index (χ1) is 8.72. The van der Waals surface area contributed by atoms with Gasteiger partial charge in [-0.1, -0.05) is 18.2 Å². The summed E-state index contributed by atoms with van der Waals surface area (Å²) >= 11 is 0. The fourth-order valence-electron chi connectivity index (χ4n) is 1.72. The number of methoxy groups -OCH3 is 1. The highest BCUT2D eigenvalue weighted by Crippen LogP contribution is 2.17. The summed E-state index contributed by atoms with van der Waals surface area (Å²) in [6.07, 6.45) is 3.68. The lowest BCUT2D eigenvalue weighted by atomic mass is 10.2. The first-order valence-corrected chi connectivity index (χ1v) is 5.82. The van der Waals surface area contributed by atoms with Crippen LogP contribution in [0.15, 0.2) is 35.5 Å². The van der Waals surface area contributed by atoms with Gasteiger partial charge in [-0.3, -0.25) is 9.67 Å². The monoisotopic (exact) mass is 243 g/mol. The Kier molecular flexibility index (Phi) is 3.77. The van der Waals surface area contributed by atoms with E-state index in [-0.39, 0.29) is 0 Å². The van der Waals surface area contributed by atoms with E-state index in [0.29, 0.717) is 6.54 Å². The maximum Gasteiger partial charge on any atom is 0.123 e. The molecule has 0 amide bonds. The zero-order chi connectivity index (χ0) is 13.0. The summed E-state index contributed by atoms with van der Waals surface area (Å²) in [7, 11) is 3.60. The van der Waals surface area contributed by atoms with Gasteiger partial charge in [0.05, 0.1) is 19.9 Å². The highest BCUT2D eigenvalue weighted by Gasteiger charge is 2.01. The van der Waals surface area contributed by atoms with Gasteiger partial charge in [0.2, 0.25) is 0 Å². The Bertz CT molecular complexity index is 558. The highest BCUT2D eigenvalue weighted by molar-refractivity contribution is 5.80. The highest BCUT2D eigenvalue weighted by atomic mass is 16.5. The van der Waals surface area contributed by atoms with Crippen LogP contribution in [0, 0.1) is 6.92 Å². The van der Waals surface area contributed by atoms with E-state index in [0.717, 1.165) is 22.6 Å². The first kappa shape index (κ1) is 12.4. The summed E-state index contributed by atoms with van der Waals surface area (Å²) in [4.78, 5) is 4.44. The molecule has 0 aliphatic rings. The van der Waals surface area contributed by atoms with Crippen LogP contribution in [0.5, 0.6) is 5.75 Å². The zero-order valence-corrected chi connectivity index (χ0v) is 10.9. The maximum absolute atomic E-state index is 5.29. The fourth-order valence-corrected chi connectivity index (χ4v) is 1.72. The van der Waals surface area contributed by atoms with Crippen molar-refractivity contribution in [1.82, 2.24) is 9.78 Å². The summed E-state index contributed by atoms with van der Waals surface area (Å²) < 4.78 is 7.12. The van der Waals surface area contributed by atoms with E-state index in [1.807, 2.05) is 55.3 Å². The van der Waals surface area contributed by atoms with Crippen LogP contribution in [0.4, 0.5) is 0 Å². The number of aliphatic imine (C=N–C) groups is 1. The summed E-state index contributed by atoms with van der Waals surface area (Å²) in [6.45, 7) is 2.63. The second-order valence-electron chi connectivity index (χ2n) is 4.09. The topological polar surface area (TPSA) is 39.4 Å². The van der Waals surface area contributed by atoms with Crippen molar-refractivity contribution in [2.24, 2.45) is 12.0 Å². The molecule has 0 radical (unpaired) electrons. The molecule has 0 aliphatic heterocycles. The molecule has 94 valence electrons. The Morgan fingerprint density at radius 2 is 2.17 bits per heavy atom. The first-order valence-electron chi connectivity index (χ1n) is 5.82. The van der Waals surface area contributed by atoms with Crippen molar-refractivity contribution >= 4 is 6.21 Å². The normalized spacial score (nSPS) is 11.1. The molecule has 2 rings (SSSR count). The summed E-state index contributed by atoms with van der Waals surface area (Å²) in [5.74, 6) is 0.873. The molecule has 1 aromatic heterocycles. The number of para-hydroxylation sites is 1. The largest absolute Gasteiger partial charge is 0.496 e. The van der Waals surface area contributed by atoms with Crippen molar-refractivity contribution in [3.05, 3.63) is 47.3 Å². The third kappa shape index (κ3) is 2.59. The van der Waals surface area contributed by atoms with Crippen LogP contribution < -0.4 is 4.74 Å². The molecule has 1 heterocycles. The Balaban J connectivity index is 2.09. The Labute approximate surface area is 107 Å². The Hall–Kier alpha value is -2.10. The molecule has 1 aromatic carbocycles. The van der Waals surface area contributed by atoms with Crippen molar-refractivity contribution in [2.75, 3.05) is 7.11 Å². The van der Waals surface area contributed by atoms with E-state index in [9.17, 15) is 0 Å². The number of benzene rings is 1. The van der Waals surface area contributed by atoms with Gasteiger partial charge in [-0.25, -0.2) is 0 Å². The lowest BCUT2D eigenvalue weighted by Crippen LogP contribution is -1.94. The maximum atomic E-state index is 5.29. The predicted octanol–water partition coefficient (Wildman–Crippen LogP) is 2.36. The standard InChI is InChI=1S/C14H17N3O/c1-11-13(10-16-17(11)2)9-15-8-12-6-4-5-7-14(12)18-3/h4-7,9-10H,8H2,1-3H3. The van der Waals surface area contributed by atoms with Gasteiger partial charge in [0, 0.05) is 30.1 Å². The van der Waals surface area contributed by atoms with Gasteiger partial charge < -0.3 is 4.74 Å². The summed E-state index contributed by atoms with van der Waals surface area (Å²) in [6, 6.07) is 7.91. The van der Waals surface area contributed by atoms with Crippen molar-refractivity contribution < 1.29 is 4.74 Å². The zero-order valence-electron chi connectivity index (χ0n) is 10.9. The minimum Gasteiger partial charge on any atom is -0.496 e. The Morgan fingerprint density at radius 1 is 1.39 bits per heavy atom. The van der Waals surface area contributed by atoms with E-state index in [1.165, 1.54) is 0 Å². The fraction of sp³-hybridized carbons (Fsp3) is 0.286. The minimum atomic E-state index is 0.609. The van der Waals surface area contributed by atoms with Crippen LogP contribution in [0.25, 0.3) is 0 Å². The number of nitrogens with zero attached hydrogens (tertiary/aromatic N) is 3. The second kappa shape index (κ2) is 5.49. The molecule has 0 saturated heterocycles. The number of hydrogen-bond donors (Lipinski definition) is 0. The van der Waals surface area contributed by atoms with Crippen molar-refractivity contribution in [2.45, 2.75) is 13.5 Å². The van der Waals surface area contributed by atoms with Gasteiger partial charge in [0.25, 0.3) is 0 Å². The third-order valence-electron chi connectivity index (χ3n) is 2.96. The average molecular weight is 243 g/mol. The van der Waals surface area contributed by atoms with E-state index < -0.39 is 0 Å². The Morgan fingerprint density at radius 3 is 2.83 bits per heavy atom. The molecule has 0 N–H and O–H groups in total. The SMILES string of the molecule is COc1ccccc1CN=Cc1cnn(C)c1C. The molecule has 0 bridgehead atoms. The van der Waals surface area contributed by atoms with Crippen LogP contribution in [-0.2, 0) is 13.6 Å². The molecule has 0 spiro atoms. The van der Waals surface area contributed by atoms with E-state index in [2.05, 4.69) is 10.1 Å². The lowest BCUT2D eigenvalue weighted by molar-refractivity contribution is 0.410. The molecule has 0 unspecified atom stereocenters. The van der Waals surface area contributed by atoms with E-state index in [1.54, 1.807) is 7.11 Å². The van der Waals surface area contributed by atoms with Gasteiger partial charge in [-0.15, -0.1) is 0 Å². The van der Waals surface area contributed by atoms with Gasteiger partial charge in [0.1, 0.15) is 5.75 Å². The quantitative estimate of drug-likeness (QED) is 0.773. The van der Waals surface area contributed by atoms with E-state index in [4.69, 9.17) is 4.74 Å². The van der Waals surface area contributed by atoms with Crippen LogP contribution in [0.2, 0.25) is 0 Å². The lowest BCUT2D eigenvalue weighted by Gasteiger charge is -2.04. The van der Waals surface area contributed by atoms with Gasteiger partial charge in [-0.05, 0) is 13.0 Å².